The molecule has 3 heterocycles. The molecule has 118 valence electrons. The van der Waals surface area contributed by atoms with Crippen LogP contribution < -0.4 is 0 Å². The molecule has 3 rings (SSSR count). The molecule has 0 aliphatic carbocycles. The molecule has 2 fully saturated rings. The minimum absolute atomic E-state index is 0.479. The second kappa shape index (κ2) is 6.36. The zero-order valence-electron chi connectivity index (χ0n) is 12.6. The first-order valence-electron chi connectivity index (χ1n) is 7.75. The van der Waals surface area contributed by atoms with E-state index in [2.05, 4.69) is 21.7 Å². The number of nitrogens with zero attached hydrogens (tertiary/aromatic N) is 2. The highest BCUT2D eigenvalue weighted by molar-refractivity contribution is 7.88. The molecule has 2 aliphatic rings. The summed E-state index contributed by atoms with van der Waals surface area (Å²) in [7, 11) is -3.03. The second-order valence-electron chi connectivity index (χ2n) is 6.34. The van der Waals surface area contributed by atoms with E-state index >= 15 is 0 Å². The third-order valence-electron chi connectivity index (χ3n) is 4.74. The molecule has 0 saturated carbocycles. The molecule has 2 aliphatic heterocycles. The van der Waals surface area contributed by atoms with Crippen LogP contribution in [0.2, 0.25) is 0 Å². The Labute approximate surface area is 131 Å². The average molecular weight is 329 g/mol. The van der Waals surface area contributed by atoms with Gasteiger partial charge in [-0.3, -0.25) is 4.90 Å². The smallest absolute Gasteiger partial charge is 0.211 e. The Morgan fingerprint density at radius 1 is 1.29 bits per heavy atom. The monoisotopic (exact) mass is 328 g/mol. The van der Waals surface area contributed by atoms with Crippen molar-refractivity contribution >= 4 is 21.4 Å². The number of piperidine rings is 1. The van der Waals surface area contributed by atoms with Crippen molar-refractivity contribution in [3.8, 4) is 0 Å². The van der Waals surface area contributed by atoms with Crippen molar-refractivity contribution in [3.05, 3.63) is 22.4 Å². The van der Waals surface area contributed by atoms with Crippen LogP contribution in [0.25, 0.3) is 0 Å². The SMILES string of the molecule is CS(=O)(=O)N1CCC[C@H](CN2CCC[C@@H]2c2ccsc2)C1. The summed E-state index contributed by atoms with van der Waals surface area (Å²) in [6.07, 6.45) is 5.97. The Morgan fingerprint density at radius 3 is 2.81 bits per heavy atom. The fourth-order valence-corrected chi connectivity index (χ4v) is 5.34. The predicted molar refractivity (Wildman–Crippen MR) is 87.0 cm³/mol. The Hall–Kier alpha value is -0.430. The summed E-state index contributed by atoms with van der Waals surface area (Å²) in [6, 6.07) is 2.78. The fraction of sp³-hybridized carbons (Fsp3) is 0.733. The van der Waals surface area contributed by atoms with Gasteiger partial charge >= 0.3 is 0 Å². The van der Waals surface area contributed by atoms with Gasteiger partial charge in [0.2, 0.25) is 10.0 Å². The van der Waals surface area contributed by atoms with Gasteiger partial charge in [0.1, 0.15) is 0 Å². The van der Waals surface area contributed by atoms with E-state index < -0.39 is 10.0 Å². The summed E-state index contributed by atoms with van der Waals surface area (Å²) in [5.74, 6) is 0.479. The Balaban J connectivity index is 1.63. The zero-order chi connectivity index (χ0) is 14.9. The molecule has 2 atom stereocenters. The molecule has 0 amide bonds. The van der Waals surface area contributed by atoms with Crippen LogP contribution in [0.4, 0.5) is 0 Å². The molecule has 4 nitrogen and oxygen atoms in total. The minimum atomic E-state index is -3.03. The topological polar surface area (TPSA) is 40.6 Å². The van der Waals surface area contributed by atoms with Gasteiger partial charge in [0.05, 0.1) is 6.26 Å². The summed E-state index contributed by atoms with van der Waals surface area (Å²) >= 11 is 1.76. The van der Waals surface area contributed by atoms with Crippen molar-refractivity contribution in [2.45, 2.75) is 31.7 Å². The van der Waals surface area contributed by atoms with Crippen molar-refractivity contribution in [3.63, 3.8) is 0 Å². The van der Waals surface area contributed by atoms with Gasteiger partial charge in [0.25, 0.3) is 0 Å². The fourth-order valence-electron chi connectivity index (χ4n) is 3.70. The maximum atomic E-state index is 11.7. The molecule has 0 spiro atoms. The second-order valence-corrected chi connectivity index (χ2v) is 9.10. The maximum Gasteiger partial charge on any atom is 0.211 e. The van der Waals surface area contributed by atoms with Gasteiger partial charge in [-0.25, -0.2) is 12.7 Å². The molecule has 1 aromatic rings. The Kier molecular flexibility index (Phi) is 4.69. The first-order chi connectivity index (χ1) is 10.0. The van der Waals surface area contributed by atoms with Crippen LogP contribution in [0.5, 0.6) is 0 Å². The van der Waals surface area contributed by atoms with Crippen LogP contribution in [-0.4, -0.2) is 50.1 Å². The van der Waals surface area contributed by atoms with Crippen LogP contribution >= 0.6 is 11.3 Å². The first-order valence-corrected chi connectivity index (χ1v) is 10.5. The molecule has 0 bridgehead atoms. The molecular weight excluding hydrogens is 304 g/mol. The van der Waals surface area contributed by atoms with Gasteiger partial charge in [-0.1, -0.05) is 0 Å². The highest BCUT2D eigenvalue weighted by Crippen LogP contribution is 2.34. The van der Waals surface area contributed by atoms with Gasteiger partial charge in [-0.05, 0) is 60.5 Å². The number of hydrogen-bond acceptors (Lipinski definition) is 4. The number of likely N-dealkylation sites (tertiary alicyclic amines) is 1. The average Bonchev–Trinajstić information content (AvgIpc) is 3.08. The normalized spacial score (nSPS) is 29.0. The maximum absolute atomic E-state index is 11.7. The molecular formula is C15H24N2O2S2. The van der Waals surface area contributed by atoms with E-state index in [4.69, 9.17) is 0 Å². The van der Waals surface area contributed by atoms with E-state index in [0.717, 1.165) is 25.9 Å². The molecule has 21 heavy (non-hydrogen) atoms. The summed E-state index contributed by atoms with van der Waals surface area (Å²) in [6.45, 7) is 3.58. The lowest BCUT2D eigenvalue weighted by molar-refractivity contribution is 0.169. The van der Waals surface area contributed by atoms with Crippen LogP contribution in [-0.2, 0) is 10.0 Å². The van der Waals surface area contributed by atoms with E-state index in [1.165, 1.54) is 24.7 Å². The summed E-state index contributed by atoms with van der Waals surface area (Å²) < 4.78 is 25.1. The molecule has 1 aromatic heterocycles. The van der Waals surface area contributed by atoms with Crippen molar-refractivity contribution < 1.29 is 8.42 Å². The zero-order valence-corrected chi connectivity index (χ0v) is 14.2. The molecule has 2 saturated heterocycles. The third kappa shape index (κ3) is 3.67. The lowest BCUT2D eigenvalue weighted by Gasteiger charge is -2.35. The quantitative estimate of drug-likeness (QED) is 0.853. The van der Waals surface area contributed by atoms with E-state index in [0.29, 0.717) is 25.0 Å². The summed E-state index contributed by atoms with van der Waals surface area (Å²) in [4.78, 5) is 2.57. The van der Waals surface area contributed by atoms with Gasteiger partial charge < -0.3 is 0 Å². The predicted octanol–water partition coefficient (Wildman–Crippen LogP) is 2.56. The van der Waals surface area contributed by atoms with Crippen molar-refractivity contribution in [2.75, 3.05) is 32.4 Å². The first kappa shape index (κ1) is 15.5. The van der Waals surface area contributed by atoms with Crippen LogP contribution in [0.3, 0.4) is 0 Å². The number of hydrogen-bond donors (Lipinski definition) is 0. The largest absolute Gasteiger partial charge is 0.296 e. The van der Waals surface area contributed by atoms with Gasteiger partial charge in [0, 0.05) is 25.7 Å². The van der Waals surface area contributed by atoms with E-state index in [1.54, 1.807) is 15.6 Å². The van der Waals surface area contributed by atoms with E-state index in [9.17, 15) is 8.42 Å². The molecule has 6 heteroatoms. The summed E-state index contributed by atoms with van der Waals surface area (Å²) in [5.41, 5.74) is 1.44. The lowest BCUT2D eigenvalue weighted by Crippen LogP contribution is -2.43. The highest BCUT2D eigenvalue weighted by Gasteiger charge is 2.31. The van der Waals surface area contributed by atoms with Gasteiger partial charge in [0.15, 0.2) is 0 Å². The Morgan fingerprint density at radius 2 is 2.10 bits per heavy atom. The molecule has 0 unspecified atom stereocenters. The standard InChI is InChI=1S/C15H24N2O2S2/c1-21(18,19)17-8-2-4-13(11-17)10-16-7-3-5-15(16)14-6-9-20-12-14/h6,9,12-13,15H,2-5,7-8,10-11H2,1H3/t13-,15-/m1/s1. The number of sulfonamides is 1. The van der Waals surface area contributed by atoms with Crippen LogP contribution in [0.1, 0.15) is 37.3 Å². The van der Waals surface area contributed by atoms with Crippen molar-refractivity contribution in [1.82, 2.24) is 9.21 Å². The highest BCUT2D eigenvalue weighted by atomic mass is 32.2. The minimum Gasteiger partial charge on any atom is -0.296 e. The molecule has 0 N–H and O–H groups in total. The summed E-state index contributed by atoms with van der Waals surface area (Å²) in [5, 5.41) is 4.41. The van der Waals surface area contributed by atoms with E-state index in [1.807, 2.05) is 0 Å². The van der Waals surface area contributed by atoms with E-state index in [-0.39, 0.29) is 0 Å². The van der Waals surface area contributed by atoms with Crippen LogP contribution in [0, 0.1) is 5.92 Å². The number of thiophene rings is 1. The van der Waals surface area contributed by atoms with Gasteiger partial charge in [-0.2, -0.15) is 11.3 Å². The van der Waals surface area contributed by atoms with Crippen molar-refractivity contribution in [1.29, 1.82) is 0 Å². The van der Waals surface area contributed by atoms with Gasteiger partial charge in [-0.15, -0.1) is 0 Å². The lowest BCUT2D eigenvalue weighted by atomic mass is 9.98. The van der Waals surface area contributed by atoms with Crippen molar-refractivity contribution in [2.24, 2.45) is 5.92 Å². The molecule has 0 radical (unpaired) electrons. The molecule has 0 aromatic carbocycles. The van der Waals surface area contributed by atoms with Crippen LogP contribution in [0.15, 0.2) is 16.8 Å². The third-order valence-corrected chi connectivity index (χ3v) is 6.71. The number of rotatable bonds is 4. The Bertz CT molecular complexity index is 556.